The molecule has 3 aromatic carbocycles. The van der Waals surface area contributed by atoms with E-state index in [1.54, 1.807) is 6.07 Å². The minimum Gasteiger partial charge on any atom is -0.381 e. The Labute approximate surface area is 122 Å². The number of hydrogen-bond donors (Lipinski definition) is 1. The average Bonchev–Trinajstić information content (AvgIpc) is 2.54. The van der Waals surface area contributed by atoms with Gasteiger partial charge in [-0.25, -0.2) is 4.39 Å². The molecule has 2 nitrogen and oxygen atoms in total. The Morgan fingerprint density at radius 2 is 1.76 bits per heavy atom. The zero-order chi connectivity index (χ0) is 14.7. The van der Waals surface area contributed by atoms with Gasteiger partial charge in [0.1, 0.15) is 5.82 Å². The lowest BCUT2D eigenvalue weighted by molar-refractivity contribution is 0.613. The molecule has 0 bridgehead atoms. The molecule has 0 aliphatic rings. The third kappa shape index (κ3) is 2.85. The molecular weight excluding hydrogens is 263 g/mol. The first-order valence-corrected chi connectivity index (χ1v) is 6.67. The zero-order valence-electron chi connectivity index (χ0n) is 11.3. The minimum absolute atomic E-state index is 0.303. The summed E-state index contributed by atoms with van der Waals surface area (Å²) in [5.74, 6) is -0.303. The van der Waals surface area contributed by atoms with E-state index in [2.05, 4.69) is 11.4 Å². The summed E-state index contributed by atoms with van der Waals surface area (Å²) in [6.45, 7) is 0.347. The summed E-state index contributed by atoms with van der Waals surface area (Å²) in [5.41, 5.74) is 1.88. The molecule has 0 aromatic heterocycles. The molecule has 0 saturated heterocycles. The first kappa shape index (κ1) is 13.1. The molecule has 1 N–H and O–H groups in total. The van der Waals surface area contributed by atoms with Gasteiger partial charge in [0.25, 0.3) is 0 Å². The van der Waals surface area contributed by atoms with Gasteiger partial charge in [0.05, 0.1) is 11.6 Å². The van der Waals surface area contributed by atoms with Crippen LogP contribution in [-0.2, 0) is 6.54 Å². The molecule has 0 spiro atoms. The largest absolute Gasteiger partial charge is 0.381 e. The van der Waals surface area contributed by atoms with Crippen LogP contribution in [0.15, 0.2) is 60.7 Å². The number of nitrogens with zero attached hydrogens (tertiary/aromatic N) is 1. The Balaban J connectivity index is 1.82. The van der Waals surface area contributed by atoms with Crippen LogP contribution in [0.2, 0.25) is 0 Å². The van der Waals surface area contributed by atoms with Gasteiger partial charge in [-0.1, -0.05) is 30.3 Å². The van der Waals surface area contributed by atoms with Gasteiger partial charge >= 0.3 is 0 Å². The van der Waals surface area contributed by atoms with Gasteiger partial charge in [-0.3, -0.25) is 0 Å². The van der Waals surface area contributed by atoms with Crippen molar-refractivity contribution in [3.8, 4) is 6.07 Å². The van der Waals surface area contributed by atoms with Gasteiger partial charge in [-0.15, -0.1) is 0 Å². The molecule has 3 rings (SSSR count). The standard InChI is InChI=1S/C18H13FN2/c19-18-8-5-13(11-20)9-16(18)12-21-17-7-6-14-3-1-2-4-15(14)10-17/h1-10,21H,12H2. The molecule has 102 valence electrons. The van der Waals surface area contributed by atoms with E-state index >= 15 is 0 Å². The highest BCUT2D eigenvalue weighted by molar-refractivity contribution is 5.85. The van der Waals surface area contributed by atoms with Crippen molar-refractivity contribution in [3.05, 3.63) is 77.6 Å². The van der Waals surface area contributed by atoms with Crippen molar-refractivity contribution in [1.82, 2.24) is 0 Å². The van der Waals surface area contributed by atoms with E-state index in [0.29, 0.717) is 17.7 Å². The number of fused-ring (bicyclic) bond motifs is 1. The highest BCUT2D eigenvalue weighted by Crippen LogP contribution is 2.20. The van der Waals surface area contributed by atoms with E-state index in [-0.39, 0.29) is 5.82 Å². The van der Waals surface area contributed by atoms with Crippen LogP contribution < -0.4 is 5.32 Å². The molecule has 3 heteroatoms. The smallest absolute Gasteiger partial charge is 0.128 e. The van der Waals surface area contributed by atoms with Gasteiger partial charge < -0.3 is 5.32 Å². The maximum absolute atomic E-state index is 13.7. The number of nitriles is 1. The lowest BCUT2D eigenvalue weighted by Gasteiger charge is -2.09. The van der Waals surface area contributed by atoms with Crippen LogP contribution in [0.25, 0.3) is 10.8 Å². The van der Waals surface area contributed by atoms with E-state index in [1.807, 2.05) is 42.5 Å². The Morgan fingerprint density at radius 1 is 0.952 bits per heavy atom. The SMILES string of the molecule is N#Cc1ccc(F)c(CNc2ccc3ccccc3c2)c1. The van der Waals surface area contributed by atoms with Crippen LogP contribution in [0.1, 0.15) is 11.1 Å². The third-order valence-corrected chi connectivity index (χ3v) is 3.41. The molecule has 0 heterocycles. The van der Waals surface area contributed by atoms with Gasteiger partial charge in [0.15, 0.2) is 0 Å². The number of nitrogens with one attached hydrogen (secondary N) is 1. The first-order valence-electron chi connectivity index (χ1n) is 6.67. The predicted octanol–water partition coefficient (Wildman–Crippen LogP) is 4.46. The van der Waals surface area contributed by atoms with Gasteiger partial charge in [0.2, 0.25) is 0 Å². The predicted molar refractivity (Wildman–Crippen MR) is 82.4 cm³/mol. The summed E-state index contributed by atoms with van der Waals surface area (Å²) in [5, 5.41) is 14.4. The molecule has 0 aliphatic carbocycles. The van der Waals surface area contributed by atoms with Crippen molar-refractivity contribution in [2.24, 2.45) is 0 Å². The summed E-state index contributed by atoms with van der Waals surface area (Å²) in [4.78, 5) is 0. The maximum atomic E-state index is 13.7. The quantitative estimate of drug-likeness (QED) is 0.766. The van der Waals surface area contributed by atoms with E-state index in [0.717, 1.165) is 11.1 Å². The Hall–Kier alpha value is -2.86. The first-order chi connectivity index (χ1) is 10.3. The Bertz CT molecular complexity index is 834. The Kier molecular flexibility index (Phi) is 3.53. The highest BCUT2D eigenvalue weighted by Gasteiger charge is 2.04. The van der Waals surface area contributed by atoms with Gasteiger partial charge in [-0.05, 0) is 41.1 Å². The lowest BCUT2D eigenvalue weighted by Crippen LogP contribution is -2.02. The fourth-order valence-electron chi connectivity index (χ4n) is 2.28. The molecule has 0 saturated carbocycles. The number of halogens is 1. The average molecular weight is 276 g/mol. The molecule has 0 atom stereocenters. The third-order valence-electron chi connectivity index (χ3n) is 3.41. The van der Waals surface area contributed by atoms with E-state index in [4.69, 9.17) is 5.26 Å². The van der Waals surface area contributed by atoms with E-state index < -0.39 is 0 Å². The zero-order valence-corrected chi connectivity index (χ0v) is 11.3. The van der Waals surface area contributed by atoms with Crippen LogP contribution in [0.4, 0.5) is 10.1 Å². The second kappa shape index (κ2) is 5.64. The van der Waals surface area contributed by atoms with Gasteiger partial charge in [0, 0.05) is 17.8 Å². The van der Waals surface area contributed by atoms with Crippen LogP contribution in [0, 0.1) is 17.1 Å². The van der Waals surface area contributed by atoms with Crippen molar-refractivity contribution < 1.29 is 4.39 Å². The Morgan fingerprint density at radius 3 is 2.57 bits per heavy atom. The van der Waals surface area contributed by atoms with Crippen LogP contribution in [0.3, 0.4) is 0 Å². The van der Waals surface area contributed by atoms with Crippen molar-refractivity contribution in [2.45, 2.75) is 6.54 Å². The summed E-state index contributed by atoms with van der Waals surface area (Å²) < 4.78 is 13.7. The highest BCUT2D eigenvalue weighted by atomic mass is 19.1. The fourth-order valence-corrected chi connectivity index (χ4v) is 2.28. The number of hydrogen-bond acceptors (Lipinski definition) is 2. The van der Waals surface area contributed by atoms with Crippen molar-refractivity contribution in [2.75, 3.05) is 5.32 Å². The summed E-state index contributed by atoms with van der Waals surface area (Å²) in [6.07, 6.45) is 0. The van der Waals surface area contributed by atoms with Crippen LogP contribution >= 0.6 is 0 Å². The summed E-state index contributed by atoms with van der Waals surface area (Å²) in [7, 11) is 0. The minimum atomic E-state index is -0.303. The summed E-state index contributed by atoms with van der Waals surface area (Å²) in [6, 6.07) is 20.5. The topological polar surface area (TPSA) is 35.8 Å². The van der Waals surface area contributed by atoms with Crippen molar-refractivity contribution >= 4 is 16.5 Å². The van der Waals surface area contributed by atoms with Gasteiger partial charge in [-0.2, -0.15) is 5.26 Å². The molecule has 0 unspecified atom stereocenters. The summed E-state index contributed by atoms with van der Waals surface area (Å²) >= 11 is 0. The lowest BCUT2D eigenvalue weighted by atomic mass is 10.1. The monoisotopic (exact) mass is 276 g/mol. The fraction of sp³-hybridized carbons (Fsp3) is 0.0556. The molecule has 3 aromatic rings. The molecule has 0 amide bonds. The molecule has 0 aliphatic heterocycles. The van der Waals surface area contributed by atoms with Crippen molar-refractivity contribution in [1.29, 1.82) is 5.26 Å². The molecule has 0 radical (unpaired) electrons. The van der Waals surface area contributed by atoms with E-state index in [9.17, 15) is 4.39 Å². The number of benzene rings is 3. The number of anilines is 1. The number of rotatable bonds is 3. The normalized spacial score (nSPS) is 10.3. The maximum Gasteiger partial charge on any atom is 0.128 e. The second-order valence-corrected chi connectivity index (χ2v) is 4.83. The second-order valence-electron chi connectivity index (χ2n) is 4.83. The van der Waals surface area contributed by atoms with Crippen LogP contribution in [0.5, 0.6) is 0 Å². The van der Waals surface area contributed by atoms with E-state index in [1.165, 1.54) is 17.5 Å². The molecule has 21 heavy (non-hydrogen) atoms. The molecule has 0 fully saturated rings. The molecular formula is C18H13FN2. The van der Waals surface area contributed by atoms with Crippen LogP contribution in [-0.4, -0.2) is 0 Å². The van der Waals surface area contributed by atoms with Crippen molar-refractivity contribution in [3.63, 3.8) is 0 Å².